The molecule has 236 valence electrons. The summed E-state index contributed by atoms with van der Waals surface area (Å²) in [5, 5.41) is 2.33. The number of rotatable bonds is 4. The van der Waals surface area contributed by atoms with Crippen molar-refractivity contribution in [3.05, 3.63) is 131 Å². The standard InChI is InChI=1S/C41H42B2O4/c1-37(2)38(3,4)45-42(44-37)29-23-24-32-33(25-29)41(27-17-11-9-12-18-27,28-19-13-10-14-20-28)34-26-35(30-21-15-16-22-31(30)36(32)34)43-46-39(5,6)40(7,8)47-43/h9-26H,1-8H3. The Morgan fingerprint density at radius 1 is 0.447 bits per heavy atom. The molecule has 1 aliphatic carbocycles. The highest BCUT2D eigenvalue weighted by molar-refractivity contribution is 6.65. The third-order valence-corrected chi connectivity index (χ3v) is 11.6. The molecule has 0 aromatic heterocycles. The van der Waals surface area contributed by atoms with Crippen LogP contribution in [0.5, 0.6) is 0 Å². The Labute approximate surface area is 279 Å². The largest absolute Gasteiger partial charge is 0.495 e. The van der Waals surface area contributed by atoms with E-state index in [0.717, 1.165) is 16.3 Å². The van der Waals surface area contributed by atoms with Gasteiger partial charge in [0, 0.05) is 0 Å². The summed E-state index contributed by atoms with van der Waals surface area (Å²) in [7, 11) is -0.987. The predicted molar refractivity (Wildman–Crippen MR) is 193 cm³/mol. The van der Waals surface area contributed by atoms with Crippen LogP contribution < -0.4 is 10.9 Å². The molecule has 2 fully saturated rings. The van der Waals surface area contributed by atoms with Gasteiger partial charge >= 0.3 is 14.2 Å². The summed E-state index contributed by atoms with van der Waals surface area (Å²) in [6.07, 6.45) is 0. The van der Waals surface area contributed by atoms with Gasteiger partial charge in [-0.25, -0.2) is 0 Å². The van der Waals surface area contributed by atoms with Crippen molar-refractivity contribution in [1.29, 1.82) is 0 Å². The predicted octanol–water partition coefficient (Wildman–Crippen LogP) is 7.80. The molecule has 5 aromatic rings. The Morgan fingerprint density at radius 2 is 0.915 bits per heavy atom. The first-order valence-electron chi connectivity index (χ1n) is 16.8. The maximum absolute atomic E-state index is 6.75. The van der Waals surface area contributed by atoms with E-state index < -0.39 is 42.1 Å². The summed E-state index contributed by atoms with van der Waals surface area (Å²) in [6.45, 7) is 16.9. The van der Waals surface area contributed by atoms with Crippen molar-refractivity contribution >= 4 is 35.9 Å². The van der Waals surface area contributed by atoms with Crippen LogP contribution in [0.25, 0.3) is 21.9 Å². The zero-order valence-electron chi connectivity index (χ0n) is 28.7. The minimum atomic E-state index is -0.616. The molecule has 0 saturated carbocycles. The summed E-state index contributed by atoms with van der Waals surface area (Å²) in [4.78, 5) is 0. The highest BCUT2D eigenvalue weighted by Gasteiger charge is 2.55. The summed E-state index contributed by atoms with van der Waals surface area (Å²) in [5.41, 5.74) is 6.93. The second-order valence-electron chi connectivity index (χ2n) is 15.4. The summed E-state index contributed by atoms with van der Waals surface area (Å²) in [5.74, 6) is 0. The molecule has 0 N–H and O–H groups in total. The zero-order valence-corrected chi connectivity index (χ0v) is 28.7. The van der Waals surface area contributed by atoms with Crippen molar-refractivity contribution < 1.29 is 18.6 Å². The smallest absolute Gasteiger partial charge is 0.399 e. The van der Waals surface area contributed by atoms with Gasteiger partial charge in [0.05, 0.1) is 27.8 Å². The van der Waals surface area contributed by atoms with Crippen LogP contribution in [0, 0.1) is 0 Å². The minimum absolute atomic E-state index is 0.441. The Bertz CT molecular complexity index is 1950. The molecule has 0 bridgehead atoms. The molecule has 0 amide bonds. The van der Waals surface area contributed by atoms with E-state index in [2.05, 4.69) is 165 Å². The van der Waals surface area contributed by atoms with Gasteiger partial charge < -0.3 is 18.6 Å². The van der Waals surface area contributed by atoms with Crippen molar-refractivity contribution in [2.75, 3.05) is 0 Å². The fourth-order valence-electron chi connectivity index (χ4n) is 7.68. The lowest BCUT2D eigenvalue weighted by atomic mass is 9.64. The topological polar surface area (TPSA) is 36.9 Å². The Kier molecular flexibility index (Phi) is 6.63. The van der Waals surface area contributed by atoms with Crippen LogP contribution in [0.4, 0.5) is 0 Å². The molecule has 2 saturated heterocycles. The van der Waals surface area contributed by atoms with Crippen molar-refractivity contribution in [2.24, 2.45) is 0 Å². The molecular formula is C41H42B2O4. The minimum Gasteiger partial charge on any atom is -0.399 e. The molecule has 47 heavy (non-hydrogen) atoms. The van der Waals surface area contributed by atoms with Crippen LogP contribution in [0.15, 0.2) is 109 Å². The first-order chi connectivity index (χ1) is 22.3. The number of fused-ring (bicyclic) bond motifs is 5. The highest BCUT2D eigenvalue weighted by atomic mass is 16.7. The summed E-state index contributed by atoms with van der Waals surface area (Å²) in [6, 6.07) is 39.7. The molecule has 3 aliphatic rings. The molecule has 4 nitrogen and oxygen atoms in total. The molecule has 2 aliphatic heterocycles. The van der Waals surface area contributed by atoms with Gasteiger partial charge in [-0.15, -0.1) is 0 Å². The van der Waals surface area contributed by atoms with Gasteiger partial charge in [0.2, 0.25) is 0 Å². The maximum Gasteiger partial charge on any atom is 0.495 e. The molecule has 2 heterocycles. The van der Waals surface area contributed by atoms with Gasteiger partial charge in [-0.3, -0.25) is 0 Å². The first kappa shape index (κ1) is 30.6. The van der Waals surface area contributed by atoms with Crippen LogP contribution in [0.3, 0.4) is 0 Å². The molecule has 0 spiro atoms. The lowest BCUT2D eigenvalue weighted by Crippen LogP contribution is -2.41. The Hall–Kier alpha value is -3.67. The van der Waals surface area contributed by atoms with Gasteiger partial charge in [0.25, 0.3) is 0 Å². The third kappa shape index (κ3) is 4.31. The van der Waals surface area contributed by atoms with Gasteiger partial charge in [0.15, 0.2) is 0 Å². The average Bonchev–Trinajstić information content (AvgIpc) is 3.56. The SMILES string of the molecule is CC1(C)OB(c2ccc3c(c2)C(c2ccccc2)(c2ccccc2)c2cc(B4OC(C)(C)C(C)(C)O4)c4ccccc4c2-3)OC1(C)C. The van der Waals surface area contributed by atoms with E-state index in [4.69, 9.17) is 18.6 Å². The van der Waals surface area contributed by atoms with Crippen LogP contribution in [-0.2, 0) is 24.0 Å². The zero-order chi connectivity index (χ0) is 33.0. The monoisotopic (exact) mass is 620 g/mol. The van der Waals surface area contributed by atoms with Crippen LogP contribution in [0.2, 0.25) is 0 Å². The molecular weight excluding hydrogens is 578 g/mol. The van der Waals surface area contributed by atoms with Crippen LogP contribution in [-0.4, -0.2) is 36.6 Å². The summed E-state index contributed by atoms with van der Waals surface area (Å²) < 4.78 is 26.7. The second kappa shape index (κ2) is 10.2. The maximum atomic E-state index is 6.75. The van der Waals surface area contributed by atoms with E-state index in [0.29, 0.717) is 0 Å². The average molecular weight is 620 g/mol. The van der Waals surface area contributed by atoms with Crippen molar-refractivity contribution in [1.82, 2.24) is 0 Å². The van der Waals surface area contributed by atoms with Gasteiger partial charge in [-0.2, -0.15) is 0 Å². The van der Waals surface area contributed by atoms with Crippen LogP contribution in [0.1, 0.15) is 77.6 Å². The van der Waals surface area contributed by atoms with E-state index in [1.807, 2.05) is 0 Å². The fourth-order valence-corrected chi connectivity index (χ4v) is 7.68. The molecule has 0 atom stereocenters. The number of hydrogen-bond donors (Lipinski definition) is 0. The van der Waals surface area contributed by atoms with Crippen molar-refractivity contribution in [3.8, 4) is 11.1 Å². The fraction of sp³-hybridized carbons (Fsp3) is 0.317. The quantitative estimate of drug-likeness (QED) is 0.189. The van der Waals surface area contributed by atoms with E-state index in [-0.39, 0.29) is 0 Å². The third-order valence-electron chi connectivity index (χ3n) is 11.6. The van der Waals surface area contributed by atoms with E-state index in [9.17, 15) is 0 Å². The van der Waals surface area contributed by atoms with Gasteiger partial charge in [-0.05, 0) is 110 Å². The van der Waals surface area contributed by atoms with Crippen molar-refractivity contribution in [2.45, 2.75) is 83.2 Å². The Morgan fingerprint density at radius 3 is 1.45 bits per heavy atom. The van der Waals surface area contributed by atoms with Gasteiger partial charge in [0.1, 0.15) is 0 Å². The summed E-state index contributed by atoms with van der Waals surface area (Å²) >= 11 is 0. The molecule has 8 rings (SSSR count). The first-order valence-corrected chi connectivity index (χ1v) is 16.8. The molecule has 0 radical (unpaired) electrons. The lowest BCUT2D eigenvalue weighted by Gasteiger charge is -2.34. The van der Waals surface area contributed by atoms with Crippen LogP contribution >= 0.6 is 0 Å². The van der Waals surface area contributed by atoms with E-state index in [1.165, 1.54) is 38.8 Å². The van der Waals surface area contributed by atoms with Gasteiger partial charge in [-0.1, -0.05) is 109 Å². The Balaban J connectivity index is 1.46. The lowest BCUT2D eigenvalue weighted by molar-refractivity contribution is 0.00578. The second-order valence-corrected chi connectivity index (χ2v) is 15.4. The van der Waals surface area contributed by atoms with E-state index >= 15 is 0 Å². The highest BCUT2D eigenvalue weighted by Crippen LogP contribution is 2.57. The van der Waals surface area contributed by atoms with Crippen molar-refractivity contribution in [3.63, 3.8) is 0 Å². The molecule has 0 unspecified atom stereocenters. The van der Waals surface area contributed by atoms with E-state index in [1.54, 1.807) is 0 Å². The molecule has 6 heteroatoms. The number of hydrogen-bond acceptors (Lipinski definition) is 4. The number of benzene rings is 5. The normalized spacial score (nSPS) is 21.2. The molecule has 5 aromatic carbocycles.